The highest BCUT2D eigenvalue weighted by molar-refractivity contribution is 5.49. The Morgan fingerprint density at radius 1 is 1.16 bits per heavy atom. The molecule has 130 valence electrons. The van der Waals surface area contributed by atoms with Crippen LogP contribution in [-0.4, -0.2) is 21.2 Å². The zero-order valence-corrected chi connectivity index (χ0v) is 14.2. The van der Waals surface area contributed by atoms with E-state index in [4.69, 9.17) is 0 Å². The van der Waals surface area contributed by atoms with Gasteiger partial charge in [-0.25, -0.2) is 4.39 Å². The number of aliphatic hydroxyl groups excluding tert-OH is 1. The summed E-state index contributed by atoms with van der Waals surface area (Å²) in [6.45, 7) is 0. The van der Waals surface area contributed by atoms with E-state index in [-0.39, 0.29) is 11.1 Å². The summed E-state index contributed by atoms with van der Waals surface area (Å²) in [5, 5.41) is 14.6. The summed E-state index contributed by atoms with van der Waals surface area (Å²) < 4.78 is 13.5. The van der Waals surface area contributed by atoms with Crippen LogP contribution in [0.15, 0.2) is 54.9 Å². The number of aliphatic hydroxyl groups is 1. The lowest BCUT2D eigenvalue weighted by Gasteiger charge is -2.32. The highest BCUT2D eigenvalue weighted by Gasteiger charge is 2.56. The highest BCUT2D eigenvalue weighted by atomic mass is 19.1. The van der Waals surface area contributed by atoms with Gasteiger partial charge in [-0.05, 0) is 43.7 Å². The molecule has 0 amide bonds. The lowest BCUT2D eigenvalue weighted by atomic mass is 9.77. The highest BCUT2D eigenvalue weighted by Crippen LogP contribution is 2.51. The predicted molar refractivity (Wildman–Crippen MR) is 96.3 cm³/mol. The average Bonchev–Trinajstić information content (AvgIpc) is 3.19. The van der Waals surface area contributed by atoms with Crippen molar-refractivity contribution in [3.63, 3.8) is 0 Å². The summed E-state index contributed by atoms with van der Waals surface area (Å²) in [7, 11) is 0. The molecule has 4 heteroatoms. The van der Waals surface area contributed by atoms with Gasteiger partial charge in [-0.2, -0.15) is 0 Å². The van der Waals surface area contributed by atoms with Crippen LogP contribution in [0.5, 0.6) is 0 Å². The fourth-order valence-electron chi connectivity index (χ4n) is 4.43. The Morgan fingerprint density at radius 3 is 2.64 bits per heavy atom. The molecule has 0 unspecified atom stereocenters. The van der Waals surface area contributed by atoms with Gasteiger partial charge < -0.3 is 10.4 Å². The third-order valence-electron chi connectivity index (χ3n) is 5.80. The first-order valence-electron chi connectivity index (χ1n) is 8.90. The van der Waals surface area contributed by atoms with Gasteiger partial charge in [-0.1, -0.05) is 42.5 Å². The van der Waals surface area contributed by atoms with E-state index in [9.17, 15) is 9.50 Å². The van der Waals surface area contributed by atoms with Crippen LogP contribution in [0.25, 0.3) is 6.08 Å². The minimum absolute atomic E-state index is 0.0486. The molecule has 2 fully saturated rings. The Bertz CT molecular complexity index is 766. The topological polar surface area (TPSA) is 45.2 Å². The summed E-state index contributed by atoms with van der Waals surface area (Å²) in [6.07, 6.45) is 11.2. The molecule has 1 aromatic heterocycles. The van der Waals surface area contributed by atoms with Crippen molar-refractivity contribution in [2.75, 3.05) is 0 Å². The van der Waals surface area contributed by atoms with Crippen LogP contribution in [0.2, 0.25) is 0 Å². The first-order chi connectivity index (χ1) is 12.1. The molecule has 1 atom stereocenters. The van der Waals surface area contributed by atoms with Crippen molar-refractivity contribution in [3.05, 3.63) is 71.8 Å². The van der Waals surface area contributed by atoms with E-state index >= 15 is 0 Å². The lowest BCUT2D eigenvalue weighted by Crippen LogP contribution is -2.46. The zero-order valence-electron chi connectivity index (χ0n) is 14.2. The standard InChI is InChI=1S/C21H23FN2O/c22-18-13-17(14-23-15-18)19(25)21-11-9-20(24-21,10-12-21)8-4-7-16-5-2-1-3-6-16/h1-7,13-15,19,24-25H,8-12H2/t19-,20?,21?/m0/s1. The van der Waals surface area contributed by atoms with Gasteiger partial charge in [0.05, 0.1) is 12.3 Å². The van der Waals surface area contributed by atoms with E-state index in [1.54, 1.807) is 6.20 Å². The molecule has 1 aromatic carbocycles. The van der Waals surface area contributed by atoms with Crippen molar-refractivity contribution in [2.24, 2.45) is 0 Å². The Hall–Kier alpha value is -2.04. The van der Waals surface area contributed by atoms with E-state index in [0.29, 0.717) is 5.56 Å². The number of fused-ring (bicyclic) bond motifs is 2. The molecule has 4 rings (SSSR count). The van der Waals surface area contributed by atoms with Crippen molar-refractivity contribution >= 4 is 6.08 Å². The third kappa shape index (κ3) is 3.12. The van der Waals surface area contributed by atoms with Crippen LogP contribution in [-0.2, 0) is 0 Å². The summed E-state index contributed by atoms with van der Waals surface area (Å²) in [4.78, 5) is 3.88. The van der Waals surface area contributed by atoms with Gasteiger partial charge >= 0.3 is 0 Å². The number of pyridine rings is 1. The van der Waals surface area contributed by atoms with Gasteiger partial charge in [-0.15, -0.1) is 0 Å². The van der Waals surface area contributed by atoms with Crippen LogP contribution < -0.4 is 5.32 Å². The number of nitrogens with zero attached hydrogens (tertiary/aromatic N) is 1. The molecule has 0 spiro atoms. The minimum Gasteiger partial charge on any atom is -0.386 e. The number of hydrogen-bond acceptors (Lipinski definition) is 3. The first kappa shape index (κ1) is 16.4. The van der Waals surface area contributed by atoms with Gasteiger partial charge in [0.15, 0.2) is 0 Å². The largest absolute Gasteiger partial charge is 0.386 e. The summed E-state index contributed by atoms with van der Waals surface area (Å²) in [6, 6.07) is 11.7. The fraction of sp³-hybridized carbons (Fsp3) is 0.381. The van der Waals surface area contributed by atoms with E-state index < -0.39 is 11.9 Å². The minimum atomic E-state index is -0.724. The molecular formula is C21H23FN2O. The van der Waals surface area contributed by atoms with Crippen LogP contribution in [0.1, 0.15) is 49.3 Å². The summed E-state index contributed by atoms with van der Waals surface area (Å²) in [5.74, 6) is -0.402. The number of hydrogen-bond donors (Lipinski definition) is 2. The normalized spacial score (nSPS) is 29.4. The molecule has 0 radical (unpaired) electrons. The van der Waals surface area contributed by atoms with Crippen LogP contribution in [0.4, 0.5) is 4.39 Å². The molecule has 2 aromatic rings. The number of benzene rings is 1. The Kier molecular flexibility index (Phi) is 4.18. The SMILES string of the molecule is O[C@@H](c1cncc(F)c1)C12CCC(CC=Cc3ccccc3)(CC1)N2. The quantitative estimate of drug-likeness (QED) is 0.866. The van der Waals surface area contributed by atoms with Crippen LogP contribution in [0.3, 0.4) is 0 Å². The van der Waals surface area contributed by atoms with Crippen molar-refractivity contribution in [3.8, 4) is 0 Å². The molecule has 2 aliphatic heterocycles. The molecule has 25 heavy (non-hydrogen) atoms. The molecule has 2 bridgehead atoms. The number of aromatic nitrogens is 1. The number of rotatable bonds is 5. The Morgan fingerprint density at radius 2 is 1.92 bits per heavy atom. The van der Waals surface area contributed by atoms with Gasteiger partial charge in [0.1, 0.15) is 5.82 Å². The Labute approximate surface area is 147 Å². The van der Waals surface area contributed by atoms with Gasteiger partial charge in [-0.3, -0.25) is 4.98 Å². The lowest BCUT2D eigenvalue weighted by molar-refractivity contribution is 0.0731. The molecular weight excluding hydrogens is 315 g/mol. The van der Waals surface area contributed by atoms with Crippen molar-refractivity contribution in [1.82, 2.24) is 10.3 Å². The zero-order chi connectivity index (χ0) is 17.3. The maximum atomic E-state index is 13.5. The third-order valence-corrected chi connectivity index (χ3v) is 5.80. The molecule has 3 heterocycles. The van der Waals surface area contributed by atoms with E-state index in [2.05, 4.69) is 34.6 Å². The van der Waals surface area contributed by atoms with Crippen molar-refractivity contribution in [2.45, 2.75) is 49.3 Å². The van der Waals surface area contributed by atoms with E-state index in [1.807, 2.05) is 18.2 Å². The molecule has 2 saturated heterocycles. The summed E-state index contributed by atoms with van der Waals surface area (Å²) in [5.41, 5.74) is 1.46. The second-order valence-corrected chi connectivity index (χ2v) is 7.42. The number of halogens is 1. The summed E-state index contributed by atoms with van der Waals surface area (Å²) >= 11 is 0. The fourth-order valence-corrected chi connectivity index (χ4v) is 4.43. The van der Waals surface area contributed by atoms with Crippen LogP contribution >= 0.6 is 0 Å². The van der Waals surface area contributed by atoms with Gasteiger partial charge in [0.25, 0.3) is 0 Å². The maximum Gasteiger partial charge on any atom is 0.141 e. The number of nitrogens with one attached hydrogen (secondary N) is 1. The molecule has 0 saturated carbocycles. The predicted octanol–water partition coefficient (Wildman–Crippen LogP) is 4.01. The maximum absolute atomic E-state index is 13.5. The van der Waals surface area contributed by atoms with Crippen molar-refractivity contribution < 1.29 is 9.50 Å². The molecule has 3 nitrogen and oxygen atoms in total. The first-order valence-corrected chi connectivity index (χ1v) is 8.90. The molecule has 2 N–H and O–H groups in total. The average molecular weight is 338 g/mol. The smallest absolute Gasteiger partial charge is 0.141 e. The van der Waals surface area contributed by atoms with Gasteiger partial charge in [0, 0.05) is 22.8 Å². The Balaban J connectivity index is 1.46. The molecule has 2 aliphatic rings. The molecule has 0 aliphatic carbocycles. The monoisotopic (exact) mass is 338 g/mol. The second kappa shape index (κ2) is 6.36. The van der Waals surface area contributed by atoms with Crippen LogP contribution in [0, 0.1) is 5.82 Å². The van der Waals surface area contributed by atoms with Crippen molar-refractivity contribution in [1.29, 1.82) is 0 Å². The second-order valence-electron chi connectivity index (χ2n) is 7.42. The van der Waals surface area contributed by atoms with Gasteiger partial charge in [0.2, 0.25) is 0 Å². The van der Waals surface area contributed by atoms with E-state index in [1.165, 1.54) is 17.8 Å². The van der Waals surface area contributed by atoms with E-state index in [0.717, 1.165) is 32.1 Å².